The van der Waals surface area contributed by atoms with Gasteiger partial charge in [0.1, 0.15) is 10.5 Å². The molecule has 162 valence electrons. The zero-order valence-corrected chi connectivity index (χ0v) is 20.7. The van der Waals surface area contributed by atoms with Crippen molar-refractivity contribution in [2.45, 2.75) is 76.2 Å². The van der Waals surface area contributed by atoms with Gasteiger partial charge in [0.05, 0.1) is 12.7 Å². The van der Waals surface area contributed by atoms with Crippen LogP contribution in [0.25, 0.3) is 0 Å². The van der Waals surface area contributed by atoms with Crippen LogP contribution in [0.4, 0.5) is 0 Å². The van der Waals surface area contributed by atoms with Crippen LogP contribution in [0.1, 0.15) is 64.5 Å². The van der Waals surface area contributed by atoms with Gasteiger partial charge in [0.2, 0.25) is 0 Å². The number of nitrogens with one attached hydrogen (secondary N) is 1. The highest BCUT2D eigenvalue weighted by Crippen LogP contribution is 2.61. The van der Waals surface area contributed by atoms with E-state index in [4.69, 9.17) is 9.47 Å². The Hall–Kier alpha value is -0.530. The van der Waals surface area contributed by atoms with Crippen LogP contribution in [0.2, 0.25) is 0 Å². The molecule has 0 aromatic heterocycles. The molecule has 0 radical (unpaired) electrons. The third kappa shape index (κ3) is 4.03. The standard InChI is InChI=1S/C23H34BrNO3S/c1-7-28-16(2)23(25-29(26)21(3,4)5)20-14-18(24)9-8-17(20)15-22(23)12-10-19(27-6)11-13-22/h8-9,14,19,25H,2,7,10-13,15H2,1,3-6H3/t19?,22?,23-,29?/m1/s1. The van der Waals surface area contributed by atoms with Crippen LogP contribution in [0, 0.1) is 5.41 Å². The first-order chi connectivity index (χ1) is 13.6. The molecule has 6 heteroatoms. The van der Waals surface area contributed by atoms with Crippen LogP contribution < -0.4 is 4.72 Å². The van der Waals surface area contributed by atoms with Crippen molar-refractivity contribution in [2.24, 2.45) is 5.41 Å². The van der Waals surface area contributed by atoms with Crippen LogP contribution in [-0.2, 0) is 32.8 Å². The summed E-state index contributed by atoms with van der Waals surface area (Å²) in [4.78, 5) is 0. The van der Waals surface area contributed by atoms with E-state index in [1.165, 1.54) is 5.56 Å². The number of halogens is 1. The molecule has 2 aliphatic carbocycles. The Balaban J connectivity index is 2.18. The van der Waals surface area contributed by atoms with Crippen molar-refractivity contribution in [3.63, 3.8) is 0 Å². The third-order valence-corrected chi connectivity index (χ3v) is 8.66. The predicted octanol–water partition coefficient (Wildman–Crippen LogP) is 5.38. The van der Waals surface area contributed by atoms with E-state index in [0.717, 1.165) is 42.1 Å². The molecular formula is C23H34BrNO3S. The van der Waals surface area contributed by atoms with Crippen molar-refractivity contribution in [1.82, 2.24) is 4.72 Å². The van der Waals surface area contributed by atoms with Crippen LogP contribution in [0.15, 0.2) is 35.0 Å². The van der Waals surface area contributed by atoms with Crippen LogP contribution in [-0.4, -0.2) is 29.1 Å². The van der Waals surface area contributed by atoms with Crippen molar-refractivity contribution in [3.05, 3.63) is 46.1 Å². The number of hydrogen-bond donors (Lipinski definition) is 1. The van der Waals surface area contributed by atoms with Crippen LogP contribution >= 0.6 is 15.9 Å². The van der Waals surface area contributed by atoms with Gasteiger partial charge in [-0.2, -0.15) is 0 Å². The molecule has 2 aliphatic rings. The zero-order valence-electron chi connectivity index (χ0n) is 18.3. The van der Waals surface area contributed by atoms with Gasteiger partial charge in [-0.15, -0.1) is 4.72 Å². The van der Waals surface area contributed by atoms with Crippen molar-refractivity contribution < 1.29 is 14.0 Å². The van der Waals surface area contributed by atoms with Gasteiger partial charge in [-0.1, -0.05) is 28.6 Å². The largest absolute Gasteiger partial charge is 0.598 e. The van der Waals surface area contributed by atoms with Gasteiger partial charge >= 0.3 is 0 Å². The van der Waals surface area contributed by atoms with Gasteiger partial charge in [-0.25, -0.2) is 0 Å². The van der Waals surface area contributed by atoms with Gasteiger partial charge in [0, 0.05) is 28.4 Å². The Morgan fingerprint density at radius 3 is 2.55 bits per heavy atom. The molecule has 0 aliphatic heterocycles. The fraction of sp³-hybridized carbons (Fsp3) is 0.652. The Labute approximate surface area is 187 Å². The van der Waals surface area contributed by atoms with E-state index in [0.29, 0.717) is 12.4 Å². The average molecular weight is 485 g/mol. The Bertz CT molecular complexity index is 755. The normalized spacial score (nSPS) is 30.2. The first-order valence-corrected chi connectivity index (χ1v) is 12.4. The van der Waals surface area contributed by atoms with E-state index in [1.807, 2.05) is 27.7 Å². The molecule has 1 unspecified atom stereocenters. The molecule has 4 nitrogen and oxygen atoms in total. The lowest BCUT2D eigenvalue weighted by atomic mass is 9.61. The lowest BCUT2D eigenvalue weighted by Gasteiger charge is -2.50. The first kappa shape index (κ1) is 23.1. The highest BCUT2D eigenvalue weighted by atomic mass is 79.9. The zero-order chi connectivity index (χ0) is 21.4. The summed E-state index contributed by atoms with van der Waals surface area (Å²) in [5.41, 5.74) is 1.58. The molecule has 1 N–H and O–H groups in total. The van der Waals surface area contributed by atoms with Gasteiger partial charge in [0.15, 0.2) is 5.54 Å². The van der Waals surface area contributed by atoms with Gasteiger partial charge < -0.3 is 14.0 Å². The minimum atomic E-state index is -1.28. The number of hydrogen-bond acceptors (Lipinski definition) is 4. The predicted molar refractivity (Wildman–Crippen MR) is 123 cm³/mol. The number of benzene rings is 1. The molecule has 0 saturated heterocycles. The van der Waals surface area contributed by atoms with E-state index < -0.39 is 21.6 Å². The van der Waals surface area contributed by atoms with Gasteiger partial charge in [-0.05, 0) is 83.1 Å². The summed E-state index contributed by atoms with van der Waals surface area (Å²) in [7, 11) is 1.79. The molecule has 0 amide bonds. The number of fused-ring (bicyclic) bond motifs is 1. The molecule has 1 spiro atoms. The number of rotatable bonds is 6. The fourth-order valence-electron chi connectivity index (χ4n) is 5.01. The summed E-state index contributed by atoms with van der Waals surface area (Å²) >= 11 is 2.37. The summed E-state index contributed by atoms with van der Waals surface area (Å²) in [5, 5.41) is 0. The lowest BCUT2D eigenvalue weighted by molar-refractivity contribution is -0.0156. The van der Waals surface area contributed by atoms with Crippen LogP contribution in [0.3, 0.4) is 0 Å². The molecule has 0 bridgehead atoms. The van der Waals surface area contributed by atoms with Gasteiger partial charge in [-0.3, -0.25) is 0 Å². The van der Waals surface area contributed by atoms with Crippen molar-refractivity contribution in [1.29, 1.82) is 0 Å². The summed E-state index contributed by atoms with van der Waals surface area (Å²) in [6, 6.07) is 6.43. The fourth-order valence-corrected chi connectivity index (χ4v) is 6.39. The second-order valence-corrected chi connectivity index (χ2v) is 12.2. The molecule has 1 fully saturated rings. The quantitative estimate of drug-likeness (QED) is 0.435. The van der Waals surface area contributed by atoms with E-state index in [1.54, 1.807) is 7.11 Å². The van der Waals surface area contributed by atoms with Crippen molar-refractivity contribution >= 4 is 27.3 Å². The maximum absolute atomic E-state index is 13.4. The minimum Gasteiger partial charge on any atom is -0.598 e. The highest BCUT2D eigenvalue weighted by Gasteiger charge is 2.63. The summed E-state index contributed by atoms with van der Waals surface area (Å²) in [6.45, 7) is 12.9. The smallest absolute Gasteiger partial charge is 0.151 e. The maximum Gasteiger partial charge on any atom is 0.151 e. The van der Waals surface area contributed by atoms with E-state index in [9.17, 15) is 4.55 Å². The summed E-state index contributed by atoms with van der Waals surface area (Å²) < 4.78 is 29.4. The Morgan fingerprint density at radius 2 is 2.00 bits per heavy atom. The SMILES string of the molecule is C=C(OCC)[C@@]1(N[S+]([O-])C(C)(C)C)c2cc(Br)ccc2CC12CCC(OC)CC2. The van der Waals surface area contributed by atoms with Crippen molar-refractivity contribution in [3.8, 4) is 0 Å². The Morgan fingerprint density at radius 1 is 1.34 bits per heavy atom. The molecule has 1 aromatic rings. The molecular weight excluding hydrogens is 450 g/mol. The first-order valence-electron chi connectivity index (χ1n) is 10.4. The second-order valence-electron chi connectivity index (χ2n) is 9.28. The monoisotopic (exact) mass is 483 g/mol. The lowest BCUT2D eigenvalue weighted by Crippen LogP contribution is -2.60. The van der Waals surface area contributed by atoms with Crippen LogP contribution in [0.5, 0.6) is 0 Å². The topological polar surface area (TPSA) is 53.5 Å². The average Bonchev–Trinajstić information content (AvgIpc) is 2.92. The van der Waals surface area contributed by atoms with E-state index in [2.05, 4.69) is 45.4 Å². The van der Waals surface area contributed by atoms with E-state index in [-0.39, 0.29) is 11.5 Å². The minimum absolute atomic E-state index is 0.141. The number of ether oxygens (including phenoxy) is 2. The molecule has 1 aromatic carbocycles. The molecule has 0 heterocycles. The molecule has 2 atom stereocenters. The molecule has 29 heavy (non-hydrogen) atoms. The summed E-state index contributed by atoms with van der Waals surface area (Å²) in [6.07, 6.45) is 5.11. The Kier molecular flexibility index (Phi) is 6.82. The summed E-state index contributed by atoms with van der Waals surface area (Å²) in [5.74, 6) is 0.672. The van der Waals surface area contributed by atoms with Gasteiger partial charge in [0.25, 0.3) is 0 Å². The number of methoxy groups -OCH3 is 1. The molecule has 3 rings (SSSR count). The highest BCUT2D eigenvalue weighted by molar-refractivity contribution is 9.10. The van der Waals surface area contributed by atoms with E-state index >= 15 is 0 Å². The second kappa shape index (κ2) is 8.54. The third-order valence-electron chi connectivity index (χ3n) is 6.56. The maximum atomic E-state index is 13.4. The molecule has 1 saturated carbocycles. The van der Waals surface area contributed by atoms with Crippen molar-refractivity contribution in [2.75, 3.05) is 13.7 Å².